The number of carbonyl (C=O) groups is 2. The van der Waals surface area contributed by atoms with Crippen LogP contribution in [0.25, 0.3) is 0 Å². The summed E-state index contributed by atoms with van der Waals surface area (Å²) in [6.07, 6.45) is 4.85. The van der Waals surface area contributed by atoms with E-state index in [4.69, 9.17) is 0 Å². The summed E-state index contributed by atoms with van der Waals surface area (Å²) in [5, 5.41) is 0. The lowest BCUT2D eigenvalue weighted by Gasteiger charge is -2.19. The summed E-state index contributed by atoms with van der Waals surface area (Å²) in [4.78, 5) is 25.4. The molecule has 0 aromatic heterocycles. The van der Waals surface area contributed by atoms with Gasteiger partial charge in [-0.15, -0.1) is 0 Å². The van der Waals surface area contributed by atoms with Gasteiger partial charge in [0.1, 0.15) is 0 Å². The van der Waals surface area contributed by atoms with Gasteiger partial charge in [0, 0.05) is 22.3 Å². The van der Waals surface area contributed by atoms with Crippen molar-refractivity contribution in [3.63, 3.8) is 0 Å². The van der Waals surface area contributed by atoms with Crippen LogP contribution in [-0.2, 0) is 6.42 Å². The van der Waals surface area contributed by atoms with Gasteiger partial charge in [-0.2, -0.15) is 0 Å². The molecule has 0 unspecified atom stereocenters. The third kappa shape index (κ3) is 2.41. The zero-order valence-corrected chi connectivity index (χ0v) is 12.8. The normalized spacial score (nSPS) is 13.6. The molecule has 0 aliphatic heterocycles. The molecule has 2 heteroatoms. The minimum absolute atomic E-state index is 0.0428. The van der Waals surface area contributed by atoms with Crippen molar-refractivity contribution in [2.24, 2.45) is 5.92 Å². The number of fused-ring (bicyclic) bond motifs is 2. The Kier molecular flexibility index (Phi) is 3.76. The monoisotopic (exact) mass is 290 g/mol. The Balaban J connectivity index is 2.09. The molecule has 0 radical (unpaired) electrons. The Morgan fingerprint density at radius 2 is 1.50 bits per heavy atom. The molecule has 0 bridgehead atoms. The maximum atomic E-state index is 12.8. The van der Waals surface area contributed by atoms with E-state index in [1.54, 1.807) is 30.3 Å². The molecule has 0 fully saturated rings. The van der Waals surface area contributed by atoms with Crippen molar-refractivity contribution in [1.29, 1.82) is 0 Å². The van der Waals surface area contributed by atoms with Crippen LogP contribution in [0.4, 0.5) is 0 Å². The van der Waals surface area contributed by atoms with Crippen molar-refractivity contribution < 1.29 is 9.59 Å². The van der Waals surface area contributed by atoms with Crippen molar-refractivity contribution in [1.82, 2.24) is 0 Å². The highest BCUT2D eigenvalue weighted by Crippen LogP contribution is 2.29. The predicted octanol–water partition coefficient (Wildman–Crippen LogP) is 4.22. The van der Waals surface area contributed by atoms with E-state index in [1.807, 2.05) is 12.1 Å². The number of allylic oxidation sites excluding steroid dienone is 2. The van der Waals surface area contributed by atoms with Gasteiger partial charge in [-0.1, -0.05) is 68.5 Å². The Hall–Kier alpha value is -2.48. The molecular weight excluding hydrogens is 272 g/mol. The smallest absolute Gasteiger partial charge is 0.194 e. The summed E-state index contributed by atoms with van der Waals surface area (Å²) in [6.45, 7) is 4.23. The average molecular weight is 290 g/mol. The van der Waals surface area contributed by atoms with Crippen LogP contribution < -0.4 is 0 Å². The molecular formula is C20H18O2. The number of ketones is 2. The highest BCUT2D eigenvalue weighted by Gasteiger charge is 2.30. The van der Waals surface area contributed by atoms with E-state index in [2.05, 4.69) is 26.0 Å². The maximum Gasteiger partial charge on any atom is 0.194 e. The van der Waals surface area contributed by atoms with Gasteiger partial charge in [0.15, 0.2) is 11.6 Å². The molecule has 1 aliphatic rings. The molecule has 0 saturated carbocycles. The molecule has 2 aromatic rings. The van der Waals surface area contributed by atoms with E-state index in [9.17, 15) is 9.59 Å². The van der Waals surface area contributed by atoms with Crippen LogP contribution in [0.5, 0.6) is 0 Å². The number of carbonyl (C=O) groups excluding carboxylic acids is 2. The fraction of sp³-hybridized carbons (Fsp3) is 0.200. The third-order valence-electron chi connectivity index (χ3n) is 3.90. The standard InChI is InChI=1S/C20H18O2/c1-13(2)7-5-8-14-9-6-12-17-18(14)20(22)16-11-4-3-10-15(16)19(17)21/h3-7,9-13H,8H2,1-2H3. The first-order valence-corrected chi connectivity index (χ1v) is 7.56. The molecule has 0 heterocycles. The molecule has 3 rings (SSSR count). The van der Waals surface area contributed by atoms with Gasteiger partial charge < -0.3 is 0 Å². The van der Waals surface area contributed by atoms with Crippen molar-refractivity contribution in [2.45, 2.75) is 20.3 Å². The fourth-order valence-electron chi connectivity index (χ4n) is 2.85. The van der Waals surface area contributed by atoms with E-state index >= 15 is 0 Å². The second-order valence-electron chi connectivity index (χ2n) is 5.92. The van der Waals surface area contributed by atoms with Crippen molar-refractivity contribution in [3.05, 3.63) is 82.4 Å². The molecule has 0 amide bonds. The average Bonchev–Trinajstić information content (AvgIpc) is 2.52. The van der Waals surface area contributed by atoms with Crippen molar-refractivity contribution in [3.8, 4) is 0 Å². The van der Waals surface area contributed by atoms with E-state index in [-0.39, 0.29) is 11.6 Å². The zero-order chi connectivity index (χ0) is 15.7. The van der Waals surface area contributed by atoms with Gasteiger partial charge in [0.25, 0.3) is 0 Å². The lowest BCUT2D eigenvalue weighted by molar-refractivity contribution is 0.0978. The number of hydrogen-bond donors (Lipinski definition) is 0. The molecule has 110 valence electrons. The highest BCUT2D eigenvalue weighted by atomic mass is 16.1. The quantitative estimate of drug-likeness (QED) is 0.677. The SMILES string of the molecule is CC(C)C=CCc1cccc2c1C(=O)c1ccccc1C2=O. The topological polar surface area (TPSA) is 34.1 Å². The first-order chi connectivity index (χ1) is 10.6. The van der Waals surface area contributed by atoms with E-state index < -0.39 is 0 Å². The van der Waals surface area contributed by atoms with Crippen LogP contribution in [0, 0.1) is 5.92 Å². The van der Waals surface area contributed by atoms with Crippen LogP contribution in [-0.4, -0.2) is 11.6 Å². The van der Waals surface area contributed by atoms with Gasteiger partial charge in [-0.3, -0.25) is 9.59 Å². The largest absolute Gasteiger partial charge is 0.289 e. The highest BCUT2D eigenvalue weighted by molar-refractivity contribution is 6.28. The van der Waals surface area contributed by atoms with Crippen molar-refractivity contribution >= 4 is 11.6 Å². The van der Waals surface area contributed by atoms with Crippen LogP contribution in [0.15, 0.2) is 54.6 Å². The Morgan fingerprint density at radius 1 is 0.864 bits per heavy atom. The molecule has 0 saturated heterocycles. The predicted molar refractivity (Wildman–Crippen MR) is 87.4 cm³/mol. The summed E-state index contributed by atoms with van der Waals surface area (Å²) in [6, 6.07) is 12.6. The lowest BCUT2D eigenvalue weighted by atomic mass is 9.81. The van der Waals surface area contributed by atoms with E-state index in [1.165, 1.54) is 0 Å². The molecule has 0 N–H and O–H groups in total. The molecule has 0 atom stereocenters. The summed E-state index contributed by atoms with van der Waals surface area (Å²) in [5.41, 5.74) is 3.04. The number of rotatable bonds is 3. The van der Waals surface area contributed by atoms with Crippen LogP contribution in [0.2, 0.25) is 0 Å². The Labute approximate surface area is 130 Å². The minimum atomic E-state index is -0.0557. The minimum Gasteiger partial charge on any atom is -0.289 e. The van der Waals surface area contributed by atoms with Gasteiger partial charge >= 0.3 is 0 Å². The number of benzene rings is 2. The first-order valence-electron chi connectivity index (χ1n) is 7.56. The Bertz CT molecular complexity index is 782. The van der Waals surface area contributed by atoms with Gasteiger partial charge in [-0.25, -0.2) is 0 Å². The lowest BCUT2D eigenvalue weighted by Crippen LogP contribution is -2.22. The number of hydrogen-bond acceptors (Lipinski definition) is 2. The van der Waals surface area contributed by atoms with Crippen LogP contribution in [0.1, 0.15) is 51.3 Å². The summed E-state index contributed by atoms with van der Waals surface area (Å²) in [7, 11) is 0. The van der Waals surface area contributed by atoms with E-state index in [0.717, 1.165) is 5.56 Å². The molecule has 2 nitrogen and oxygen atoms in total. The second-order valence-corrected chi connectivity index (χ2v) is 5.92. The van der Waals surface area contributed by atoms with Crippen LogP contribution in [0.3, 0.4) is 0 Å². The second kappa shape index (κ2) is 5.72. The first kappa shape index (κ1) is 14.5. The molecule has 1 aliphatic carbocycles. The fourth-order valence-corrected chi connectivity index (χ4v) is 2.85. The summed E-state index contributed by atoms with van der Waals surface area (Å²) >= 11 is 0. The molecule has 22 heavy (non-hydrogen) atoms. The third-order valence-corrected chi connectivity index (χ3v) is 3.90. The molecule has 0 spiro atoms. The van der Waals surface area contributed by atoms with Gasteiger partial charge in [0.05, 0.1) is 0 Å². The van der Waals surface area contributed by atoms with Crippen LogP contribution >= 0.6 is 0 Å². The summed E-state index contributed by atoms with van der Waals surface area (Å²) < 4.78 is 0. The summed E-state index contributed by atoms with van der Waals surface area (Å²) in [5.74, 6) is 0.372. The molecule has 2 aromatic carbocycles. The van der Waals surface area contributed by atoms with Crippen molar-refractivity contribution in [2.75, 3.05) is 0 Å². The van der Waals surface area contributed by atoms with Gasteiger partial charge in [-0.05, 0) is 17.9 Å². The van der Waals surface area contributed by atoms with Gasteiger partial charge in [0.2, 0.25) is 0 Å². The maximum absolute atomic E-state index is 12.8. The van der Waals surface area contributed by atoms with E-state index in [0.29, 0.717) is 34.6 Å². The zero-order valence-electron chi connectivity index (χ0n) is 12.8. The Morgan fingerprint density at radius 3 is 2.18 bits per heavy atom.